The number of carbonyl (C=O) groups excluding carboxylic acids is 3. The summed E-state index contributed by atoms with van der Waals surface area (Å²) in [7, 11) is 0. The second kappa shape index (κ2) is 9.70. The van der Waals surface area contributed by atoms with E-state index in [1.54, 1.807) is 17.0 Å². The molecular formula is C29H43N3O5. The molecule has 2 unspecified atom stereocenters. The highest BCUT2D eigenvalue weighted by Gasteiger charge is 2.75. The normalized spacial score (nSPS) is 30.0. The number of hydrogen-bond donors (Lipinski definition) is 3. The molecule has 0 radical (unpaired) electrons. The van der Waals surface area contributed by atoms with Gasteiger partial charge >= 0.3 is 0 Å². The van der Waals surface area contributed by atoms with Crippen LogP contribution >= 0.6 is 0 Å². The lowest BCUT2D eigenvalue weighted by Gasteiger charge is -2.41. The number of aliphatic hydroxyl groups excluding tert-OH is 1. The first-order chi connectivity index (χ1) is 17.2. The van der Waals surface area contributed by atoms with Crippen molar-refractivity contribution in [1.82, 2.24) is 10.2 Å². The van der Waals surface area contributed by atoms with E-state index in [4.69, 9.17) is 4.74 Å². The number of nitrogens with zero attached hydrogens (tertiary/aromatic N) is 1. The SMILES string of the molecule is CC(C)[C@H](CO)N1C(=O)[C@@H]2[C@@H](C(=O)Nc3ccccc3)[C@H]3CCC2(O3)C1C(=O)NC(C)(C)CC(C)(C)C. The van der Waals surface area contributed by atoms with Gasteiger partial charge in [-0.25, -0.2) is 0 Å². The molecule has 1 spiro atoms. The van der Waals surface area contributed by atoms with Gasteiger partial charge in [0.05, 0.1) is 30.6 Å². The van der Waals surface area contributed by atoms with Gasteiger partial charge in [0.15, 0.2) is 0 Å². The Morgan fingerprint density at radius 2 is 1.78 bits per heavy atom. The molecule has 3 aliphatic rings. The molecule has 1 aromatic rings. The third kappa shape index (κ3) is 5.02. The number of aliphatic hydroxyl groups is 1. The number of benzene rings is 1. The lowest BCUT2D eigenvalue weighted by atomic mass is 9.70. The zero-order valence-electron chi connectivity index (χ0n) is 23.2. The smallest absolute Gasteiger partial charge is 0.246 e. The largest absolute Gasteiger partial charge is 0.394 e. The maximum atomic E-state index is 14.1. The summed E-state index contributed by atoms with van der Waals surface area (Å²) in [6.07, 6.45) is 1.44. The lowest BCUT2D eigenvalue weighted by molar-refractivity contribution is -0.147. The monoisotopic (exact) mass is 513 g/mol. The van der Waals surface area contributed by atoms with Crippen molar-refractivity contribution in [1.29, 1.82) is 0 Å². The van der Waals surface area contributed by atoms with E-state index in [-0.39, 0.29) is 35.7 Å². The Morgan fingerprint density at radius 1 is 1.14 bits per heavy atom. The fraction of sp³-hybridized carbons (Fsp3) is 0.690. The number of likely N-dealkylation sites (tertiary alicyclic amines) is 1. The second-order valence-electron chi connectivity index (χ2n) is 13.3. The van der Waals surface area contributed by atoms with E-state index >= 15 is 0 Å². The Balaban J connectivity index is 1.70. The summed E-state index contributed by atoms with van der Waals surface area (Å²) >= 11 is 0. The van der Waals surface area contributed by atoms with Gasteiger partial charge in [0.25, 0.3) is 0 Å². The van der Waals surface area contributed by atoms with Crippen molar-refractivity contribution in [3.63, 3.8) is 0 Å². The number of para-hydroxylation sites is 1. The summed E-state index contributed by atoms with van der Waals surface area (Å²) in [6.45, 7) is 13.9. The topological polar surface area (TPSA) is 108 Å². The number of ether oxygens (including phenoxy) is 1. The molecule has 8 heteroatoms. The van der Waals surface area contributed by atoms with Gasteiger partial charge in [-0.1, -0.05) is 52.8 Å². The molecule has 0 aliphatic carbocycles. The fourth-order valence-electron chi connectivity index (χ4n) is 7.19. The molecule has 3 aliphatic heterocycles. The molecule has 37 heavy (non-hydrogen) atoms. The Kier molecular flexibility index (Phi) is 7.23. The minimum Gasteiger partial charge on any atom is -0.394 e. The quantitative estimate of drug-likeness (QED) is 0.494. The molecule has 2 bridgehead atoms. The summed E-state index contributed by atoms with van der Waals surface area (Å²) in [4.78, 5) is 43.3. The summed E-state index contributed by atoms with van der Waals surface area (Å²) in [6, 6.07) is 7.68. The molecule has 204 valence electrons. The van der Waals surface area contributed by atoms with Crippen LogP contribution in [-0.4, -0.2) is 63.7 Å². The van der Waals surface area contributed by atoms with Crippen LogP contribution in [0.15, 0.2) is 30.3 Å². The summed E-state index contributed by atoms with van der Waals surface area (Å²) in [5.74, 6) is -2.39. The molecule has 3 saturated heterocycles. The Hall–Kier alpha value is -2.45. The first-order valence-corrected chi connectivity index (χ1v) is 13.5. The number of hydrogen-bond acceptors (Lipinski definition) is 5. The molecule has 1 aromatic carbocycles. The number of fused-ring (bicyclic) bond motifs is 1. The maximum Gasteiger partial charge on any atom is 0.246 e. The standard InChI is InChI=1S/C29H43N3O5/c1-17(2)19(15-33)32-23(25(35)31-28(6,7)16-27(3,4)5)29-14-13-20(37-29)21(22(29)26(32)36)24(34)30-18-11-9-8-10-12-18/h8-12,17,19-23,33H,13-16H2,1-7H3,(H,30,34)(H,31,35)/t19-,20+,21-,22-,23?,29?/m0/s1. The summed E-state index contributed by atoms with van der Waals surface area (Å²) in [5.41, 5.74) is -0.978. The van der Waals surface area contributed by atoms with Crippen LogP contribution in [0.1, 0.15) is 67.7 Å². The van der Waals surface area contributed by atoms with E-state index in [2.05, 4.69) is 31.4 Å². The molecule has 8 nitrogen and oxygen atoms in total. The van der Waals surface area contributed by atoms with Crippen molar-refractivity contribution in [2.24, 2.45) is 23.2 Å². The van der Waals surface area contributed by atoms with Crippen LogP contribution in [0.2, 0.25) is 0 Å². The van der Waals surface area contributed by atoms with Crippen LogP contribution < -0.4 is 10.6 Å². The van der Waals surface area contributed by atoms with E-state index in [9.17, 15) is 19.5 Å². The molecule has 6 atom stereocenters. The van der Waals surface area contributed by atoms with Crippen molar-refractivity contribution in [2.75, 3.05) is 11.9 Å². The first-order valence-electron chi connectivity index (χ1n) is 13.5. The number of anilines is 1. The van der Waals surface area contributed by atoms with Crippen molar-refractivity contribution >= 4 is 23.4 Å². The molecule has 0 saturated carbocycles. The minimum atomic E-state index is -1.09. The van der Waals surface area contributed by atoms with E-state index in [0.29, 0.717) is 18.5 Å². The third-order valence-corrected chi connectivity index (χ3v) is 8.08. The summed E-state index contributed by atoms with van der Waals surface area (Å²) in [5, 5.41) is 16.5. The van der Waals surface area contributed by atoms with Crippen molar-refractivity contribution in [3.8, 4) is 0 Å². The lowest BCUT2D eigenvalue weighted by Crippen LogP contribution is -2.61. The Bertz CT molecular complexity index is 1030. The average Bonchev–Trinajstić information content (AvgIpc) is 3.40. The van der Waals surface area contributed by atoms with Gasteiger partial charge in [-0.3, -0.25) is 14.4 Å². The van der Waals surface area contributed by atoms with Crippen LogP contribution in [0.4, 0.5) is 5.69 Å². The predicted octanol–water partition coefficient (Wildman–Crippen LogP) is 3.35. The molecular weight excluding hydrogens is 470 g/mol. The molecule has 0 aromatic heterocycles. The van der Waals surface area contributed by atoms with Crippen LogP contribution in [0.5, 0.6) is 0 Å². The van der Waals surface area contributed by atoms with Crippen LogP contribution in [0, 0.1) is 23.2 Å². The van der Waals surface area contributed by atoms with Crippen LogP contribution in [0.3, 0.4) is 0 Å². The van der Waals surface area contributed by atoms with Crippen molar-refractivity contribution in [2.45, 2.75) is 97.1 Å². The van der Waals surface area contributed by atoms with Gasteiger partial charge < -0.3 is 25.4 Å². The zero-order valence-corrected chi connectivity index (χ0v) is 23.2. The van der Waals surface area contributed by atoms with Crippen LogP contribution in [0.25, 0.3) is 0 Å². The highest BCUT2D eigenvalue weighted by Crippen LogP contribution is 2.59. The number of rotatable bonds is 8. The van der Waals surface area contributed by atoms with E-state index < -0.39 is 41.2 Å². The number of amides is 3. The van der Waals surface area contributed by atoms with Gasteiger partial charge in [-0.05, 0) is 56.6 Å². The van der Waals surface area contributed by atoms with Gasteiger partial charge in [-0.2, -0.15) is 0 Å². The van der Waals surface area contributed by atoms with E-state index in [0.717, 1.165) is 6.42 Å². The molecule has 3 fully saturated rings. The average molecular weight is 514 g/mol. The Labute approximate surface area is 220 Å². The highest BCUT2D eigenvalue weighted by atomic mass is 16.5. The zero-order chi connectivity index (χ0) is 27.3. The van der Waals surface area contributed by atoms with Gasteiger partial charge in [0.1, 0.15) is 11.6 Å². The predicted molar refractivity (Wildman–Crippen MR) is 142 cm³/mol. The first kappa shape index (κ1) is 27.6. The third-order valence-electron chi connectivity index (χ3n) is 8.08. The van der Waals surface area contributed by atoms with Gasteiger partial charge in [-0.15, -0.1) is 0 Å². The number of nitrogens with one attached hydrogen (secondary N) is 2. The molecule has 3 amide bonds. The fourth-order valence-corrected chi connectivity index (χ4v) is 7.19. The second-order valence-corrected chi connectivity index (χ2v) is 13.3. The van der Waals surface area contributed by atoms with Crippen LogP contribution in [-0.2, 0) is 19.1 Å². The molecule has 3 N–H and O–H groups in total. The van der Waals surface area contributed by atoms with Gasteiger partial charge in [0, 0.05) is 11.2 Å². The van der Waals surface area contributed by atoms with E-state index in [1.165, 1.54) is 0 Å². The minimum absolute atomic E-state index is 0.0166. The van der Waals surface area contributed by atoms with Crippen molar-refractivity contribution in [3.05, 3.63) is 30.3 Å². The highest BCUT2D eigenvalue weighted by molar-refractivity contribution is 6.02. The van der Waals surface area contributed by atoms with E-state index in [1.807, 2.05) is 45.9 Å². The maximum absolute atomic E-state index is 14.1. The van der Waals surface area contributed by atoms with Gasteiger partial charge in [0.2, 0.25) is 17.7 Å². The summed E-state index contributed by atoms with van der Waals surface area (Å²) < 4.78 is 6.51. The van der Waals surface area contributed by atoms with Crippen molar-refractivity contribution < 1.29 is 24.2 Å². The number of carbonyl (C=O) groups is 3. The molecule has 4 rings (SSSR count). The Morgan fingerprint density at radius 3 is 2.35 bits per heavy atom. The molecule has 3 heterocycles.